The number of aromatic carboxylic acids is 1. The Morgan fingerprint density at radius 1 is 1.44 bits per heavy atom. The average Bonchev–Trinajstić information content (AvgIpc) is 2.37. The molecule has 0 spiro atoms. The van der Waals surface area contributed by atoms with Gasteiger partial charge in [-0.2, -0.15) is 0 Å². The third kappa shape index (κ3) is 2.16. The summed E-state index contributed by atoms with van der Waals surface area (Å²) in [7, 11) is 0. The second-order valence-corrected chi connectivity index (χ2v) is 4.10. The van der Waals surface area contributed by atoms with E-state index in [1.54, 1.807) is 17.0 Å². The molecule has 0 atom stereocenters. The van der Waals surface area contributed by atoms with Crippen LogP contribution in [0.3, 0.4) is 0 Å². The maximum atomic E-state index is 12.0. The van der Waals surface area contributed by atoms with Gasteiger partial charge < -0.3 is 14.7 Å². The van der Waals surface area contributed by atoms with E-state index in [1.807, 2.05) is 6.92 Å². The molecule has 5 heteroatoms. The number of anilines is 1. The van der Waals surface area contributed by atoms with Crippen molar-refractivity contribution in [3.63, 3.8) is 0 Å². The number of carbonyl (C=O) groups excluding carboxylic acids is 1. The Morgan fingerprint density at radius 2 is 2.22 bits per heavy atom. The zero-order chi connectivity index (χ0) is 13.1. The normalized spacial score (nSPS) is 13.7. The van der Waals surface area contributed by atoms with Crippen molar-refractivity contribution in [1.82, 2.24) is 0 Å². The summed E-state index contributed by atoms with van der Waals surface area (Å²) in [5.74, 6) is -0.748. The lowest BCUT2D eigenvalue weighted by molar-refractivity contribution is -0.118. The Hall–Kier alpha value is -2.04. The molecular formula is C13H15NO4. The smallest absolute Gasteiger partial charge is 0.339 e. The van der Waals surface area contributed by atoms with Crippen molar-refractivity contribution in [2.24, 2.45) is 0 Å². The van der Waals surface area contributed by atoms with E-state index >= 15 is 0 Å². The van der Waals surface area contributed by atoms with Gasteiger partial charge in [0.25, 0.3) is 0 Å². The summed E-state index contributed by atoms with van der Waals surface area (Å²) in [6.45, 7) is 2.73. The van der Waals surface area contributed by atoms with Crippen molar-refractivity contribution >= 4 is 17.6 Å². The molecule has 5 nitrogen and oxygen atoms in total. The Morgan fingerprint density at radius 3 is 2.89 bits per heavy atom. The number of rotatable bonds is 3. The fraction of sp³-hybridized carbons (Fsp3) is 0.385. The van der Waals surface area contributed by atoms with Gasteiger partial charge in [-0.25, -0.2) is 4.79 Å². The standard InChI is InChI=1S/C13H15NO4/c1-2-4-11(15)14-7-8-18-12-9(13(16)17)5-3-6-10(12)14/h3,5-6H,2,4,7-8H2,1H3,(H,16,17). The maximum absolute atomic E-state index is 12.0. The number of para-hydroxylation sites is 1. The van der Waals surface area contributed by atoms with E-state index in [1.165, 1.54) is 6.07 Å². The van der Waals surface area contributed by atoms with Gasteiger partial charge >= 0.3 is 5.97 Å². The summed E-state index contributed by atoms with van der Waals surface area (Å²) in [5.41, 5.74) is 0.654. The highest BCUT2D eigenvalue weighted by atomic mass is 16.5. The third-order valence-electron chi connectivity index (χ3n) is 2.84. The summed E-state index contributed by atoms with van der Waals surface area (Å²) >= 11 is 0. The summed E-state index contributed by atoms with van der Waals surface area (Å²) < 4.78 is 5.40. The summed E-state index contributed by atoms with van der Waals surface area (Å²) in [5, 5.41) is 9.09. The zero-order valence-electron chi connectivity index (χ0n) is 10.2. The minimum Gasteiger partial charge on any atom is -0.489 e. The van der Waals surface area contributed by atoms with E-state index in [0.717, 1.165) is 6.42 Å². The molecule has 0 saturated carbocycles. The second kappa shape index (κ2) is 5.08. The van der Waals surface area contributed by atoms with Crippen LogP contribution < -0.4 is 9.64 Å². The molecule has 1 N–H and O–H groups in total. The van der Waals surface area contributed by atoms with Crippen molar-refractivity contribution < 1.29 is 19.4 Å². The molecule has 0 aliphatic carbocycles. The monoisotopic (exact) mass is 249 g/mol. The molecule has 1 aliphatic rings. The average molecular weight is 249 g/mol. The van der Waals surface area contributed by atoms with Crippen LogP contribution in [0.2, 0.25) is 0 Å². The Kier molecular flexibility index (Phi) is 3.50. The lowest BCUT2D eigenvalue weighted by Crippen LogP contribution is -2.38. The number of hydrogen-bond donors (Lipinski definition) is 1. The van der Waals surface area contributed by atoms with Crippen molar-refractivity contribution in [2.45, 2.75) is 19.8 Å². The van der Waals surface area contributed by atoms with Crippen molar-refractivity contribution in [3.05, 3.63) is 23.8 Å². The Balaban J connectivity index is 2.41. The molecule has 18 heavy (non-hydrogen) atoms. The highest BCUT2D eigenvalue weighted by Gasteiger charge is 2.26. The van der Waals surface area contributed by atoms with Gasteiger partial charge in [0.1, 0.15) is 12.2 Å². The Bertz CT molecular complexity index is 484. The zero-order valence-corrected chi connectivity index (χ0v) is 10.2. The van der Waals surface area contributed by atoms with E-state index in [4.69, 9.17) is 9.84 Å². The number of nitrogens with zero attached hydrogens (tertiary/aromatic N) is 1. The van der Waals surface area contributed by atoms with Gasteiger partial charge in [-0.15, -0.1) is 0 Å². The first-order chi connectivity index (χ1) is 8.65. The van der Waals surface area contributed by atoms with Crippen LogP contribution in [0.4, 0.5) is 5.69 Å². The molecule has 2 rings (SSSR count). The van der Waals surface area contributed by atoms with Crippen LogP contribution in [-0.4, -0.2) is 30.1 Å². The van der Waals surface area contributed by atoms with Crippen molar-refractivity contribution in [2.75, 3.05) is 18.1 Å². The van der Waals surface area contributed by atoms with E-state index in [2.05, 4.69) is 0 Å². The first kappa shape index (κ1) is 12.4. The molecule has 0 bridgehead atoms. The van der Waals surface area contributed by atoms with E-state index in [-0.39, 0.29) is 11.5 Å². The summed E-state index contributed by atoms with van der Waals surface area (Å²) in [6.07, 6.45) is 1.22. The Labute approximate surface area is 105 Å². The first-order valence-electron chi connectivity index (χ1n) is 5.94. The fourth-order valence-electron chi connectivity index (χ4n) is 2.02. The third-order valence-corrected chi connectivity index (χ3v) is 2.84. The predicted octanol–water partition coefficient (Wildman–Crippen LogP) is 1.91. The molecule has 0 radical (unpaired) electrons. The van der Waals surface area contributed by atoms with Gasteiger partial charge in [-0.05, 0) is 18.6 Å². The largest absolute Gasteiger partial charge is 0.489 e. The number of carboxylic acids is 1. The van der Waals surface area contributed by atoms with Crippen molar-refractivity contribution in [3.8, 4) is 5.75 Å². The van der Waals surface area contributed by atoms with Crippen LogP contribution in [-0.2, 0) is 4.79 Å². The minimum absolute atomic E-state index is 0.00425. The number of fused-ring (bicyclic) bond motifs is 1. The first-order valence-corrected chi connectivity index (χ1v) is 5.94. The van der Waals surface area contributed by atoms with Crippen LogP contribution in [0.15, 0.2) is 18.2 Å². The number of carboxylic acid groups (broad SMARTS) is 1. The molecule has 1 aromatic carbocycles. The van der Waals surface area contributed by atoms with Gasteiger partial charge in [0.05, 0.1) is 12.2 Å². The summed E-state index contributed by atoms with van der Waals surface area (Å²) in [6, 6.07) is 4.83. The van der Waals surface area contributed by atoms with Gasteiger partial charge in [-0.1, -0.05) is 13.0 Å². The lowest BCUT2D eigenvalue weighted by atomic mass is 10.1. The number of carbonyl (C=O) groups is 2. The number of benzene rings is 1. The van der Waals surface area contributed by atoms with Crippen LogP contribution in [0, 0.1) is 0 Å². The van der Waals surface area contributed by atoms with Crippen molar-refractivity contribution in [1.29, 1.82) is 0 Å². The number of ether oxygens (including phenoxy) is 1. The predicted molar refractivity (Wildman–Crippen MR) is 66.2 cm³/mol. The molecule has 1 aliphatic heterocycles. The fourth-order valence-corrected chi connectivity index (χ4v) is 2.02. The van der Waals surface area contributed by atoms with Gasteiger partial charge in [0.15, 0.2) is 5.75 Å². The maximum Gasteiger partial charge on any atom is 0.339 e. The van der Waals surface area contributed by atoms with Gasteiger partial charge in [0.2, 0.25) is 5.91 Å². The van der Waals surface area contributed by atoms with E-state index in [0.29, 0.717) is 31.0 Å². The lowest BCUT2D eigenvalue weighted by Gasteiger charge is -2.30. The molecule has 0 saturated heterocycles. The highest BCUT2D eigenvalue weighted by Crippen LogP contribution is 2.35. The number of hydrogen-bond acceptors (Lipinski definition) is 3. The van der Waals surface area contributed by atoms with Crippen LogP contribution in [0.1, 0.15) is 30.1 Å². The quantitative estimate of drug-likeness (QED) is 0.888. The number of amides is 1. The van der Waals surface area contributed by atoms with Crippen LogP contribution >= 0.6 is 0 Å². The highest BCUT2D eigenvalue weighted by molar-refractivity contribution is 5.99. The van der Waals surface area contributed by atoms with Gasteiger partial charge in [0, 0.05) is 6.42 Å². The molecule has 1 heterocycles. The molecule has 0 fully saturated rings. The summed E-state index contributed by atoms with van der Waals surface area (Å²) in [4.78, 5) is 24.7. The minimum atomic E-state index is -1.04. The van der Waals surface area contributed by atoms with E-state index < -0.39 is 5.97 Å². The second-order valence-electron chi connectivity index (χ2n) is 4.10. The van der Waals surface area contributed by atoms with E-state index in [9.17, 15) is 9.59 Å². The molecule has 0 unspecified atom stereocenters. The molecule has 96 valence electrons. The topological polar surface area (TPSA) is 66.8 Å². The molecular weight excluding hydrogens is 234 g/mol. The van der Waals surface area contributed by atoms with Crippen LogP contribution in [0.5, 0.6) is 5.75 Å². The van der Waals surface area contributed by atoms with Crippen LogP contribution in [0.25, 0.3) is 0 Å². The SMILES string of the molecule is CCCC(=O)N1CCOc2c(C(=O)O)cccc21. The molecule has 1 amide bonds. The van der Waals surface area contributed by atoms with Gasteiger partial charge in [-0.3, -0.25) is 4.79 Å². The molecule has 1 aromatic rings. The molecule has 0 aromatic heterocycles.